The van der Waals surface area contributed by atoms with E-state index in [0.29, 0.717) is 6.04 Å². The van der Waals surface area contributed by atoms with Crippen molar-refractivity contribution in [2.45, 2.75) is 38.8 Å². The Labute approximate surface area is 162 Å². The highest BCUT2D eigenvalue weighted by Gasteiger charge is 2.24. The van der Waals surface area contributed by atoms with Gasteiger partial charge in [-0.25, -0.2) is 0 Å². The van der Waals surface area contributed by atoms with Gasteiger partial charge in [0, 0.05) is 38.9 Å². The molecule has 6 heteroatoms. The summed E-state index contributed by atoms with van der Waals surface area (Å²) < 4.78 is 1.84. The first-order valence-corrected chi connectivity index (χ1v) is 10.0. The van der Waals surface area contributed by atoms with Crippen molar-refractivity contribution < 1.29 is 0 Å². The van der Waals surface area contributed by atoms with Gasteiger partial charge in [-0.2, -0.15) is 5.10 Å². The number of aliphatic imine (C=N–C) groups is 1. The third-order valence-corrected chi connectivity index (χ3v) is 5.00. The highest BCUT2D eigenvalue weighted by Crippen LogP contribution is 2.20. The molecule has 1 aromatic carbocycles. The average molecular weight is 369 g/mol. The second-order valence-corrected chi connectivity index (χ2v) is 7.17. The highest BCUT2D eigenvalue weighted by molar-refractivity contribution is 5.79. The van der Waals surface area contributed by atoms with Gasteiger partial charge in [-0.1, -0.05) is 30.3 Å². The van der Waals surface area contributed by atoms with E-state index < -0.39 is 0 Å². The number of rotatable bonds is 8. The first kappa shape index (κ1) is 19.4. The van der Waals surface area contributed by atoms with Gasteiger partial charge in [0.25, 0.3) is 0 Å². The minimum Gasteiger partial charge on any atom is -0.357 e. The monoisotopic (exact) mass is 368 g/mol. The Morgan fingerprint density at radius 2 is 2.07 bits per heavy atom. The summed E-state index contributed by atoms with van der Waals surface area (Å²) >= 11 is 0. The van der Waals surface area contributed by atoms with Gasteiger partial charge < -0.3 is 10.6 Å². The van der Waals surface area contributed by atoms with Gasteiger partial charge in [0.1, 0.15) is 0 Å². The highest BCUT2D eigenvalue weighted by atomic mass is 15.2. The average Bonchev–Trinajstić information content (AvgIpc) is 3.29. The van der Waals surface area contributed by atoms with Crippen LogP contribution in [-0.2, 0) is 20.0 Å². The zero-order valence-electron chi connectivity index (χ0n) is 16.6. The smallest absolute Gasteiger partial charge is 0.191 e. The van der Waals surface area contributed by atoms with Crippen molar-refractivity contribution in [3.63, 3.8) is 0 Å². The molecule has 1 atom stereocenters. The molecule has 1 aliphatic heterocycles. The van der Waals surface area contributed by atoms with Crippen LogP contribution in [0.4, 0.5) is 0 Å². The molecule has 3 rings (SSSR count). The van der Waals surface area contributed by atoms with Crippen LogP contribution in [0.1, 0.15) is 30.9 Å². The molecule has 0 spiro atoms. The van der Waals surface area contributed by atoms with Gasteiger partial charge in [0.05, 0.1) is 12.7 Å². The number of aromatic nitrogens is 2. The number of likely N-dealkylation sites (tertiary alicyclic amines) is 1. The third-order valence-electron chi connectivity index (χ3n) is 5.00. The summed E-state index contributed by atoms with van der Waals surface area (Å²) in [6.07, 6.45) is 7.42. The van der Waals surface area contributed by atoms with Crippen LogP contribution in [0.15, 0.2) is 47.7 Å². The molecule has 1 saturated heterocycles. The lowest BCUT2D eigenvalue weighted by Gasteiger charge is -2.23. The molecule has 27 heavy (non-hydrogen) atoms. The van der Waals surface area contributed by atoms with Crippen molar-refractivity contribution in [3.05, 3.63) is 53.9 Å². The molecule has 1 fully saturated rings. The van der Waals surface area contributed by atoms with Crippen molar-refractivity contribution in [1.29, 1.82) is 0 Å². The lowest BCUT2D eigenvalue weighted by molar-refractivity contribution is 0.250. The summed E-state index contributed by atoms with van der Waals surface area (Å²) in [5, 5.41) is 11.0. The topological polar surface area (TPSA) is 57.5 Å². The molecule has 0 amide bonds. The van der Waals surface area contributed by atoms with Crippen LogP contribution in [0.2, 0.25) is 0 Å². The van der Waals surface area contributed by atoms with Crippen LogP contribution >= 0.6 is 0 Å². The lowest BCUT2D eigenvalue weighted by atomic mass is 10.2. The fraction of sp³-hybridized carbons (Fsp3) is 0.524. The number of nitrogens with one attached hydrogen (secondary N) is 2. The van der Waals surface area contributed by atoms with E-state index in [1.807, 2.05) is 17.9 Å². The Kier molecular flexibility index (Phi) is 7.27. The molecule has 2 aromatic rings. The largest absolute Gasteiger partial charge is 0.357 e. The Balaban J connectivity index is 1.50. The van der Waals surface area contributed by atoms with Crippen LogP contribution in [0.3, 0.4) is 0 Å². The predicted octanol–water partition coefficient (Wildman–Crippen LogP) is 2.18. The fourth-order valence-electron chi connectivity index (χ4n) is 3.59. The number of guanidine groups is 1. The number of nitrogens with zero attached hydrogens (tertiary/aromatic N) is 4. The maximum Gasteiger partial charge on any atom is 0.191 e. The van der Waals surface area contributed by atoms with E-state index >= 15 is 0 Å². The van der Waals surface area contributed by atoms with Gasteiger partial charge in [0.15, 0.2) is 5.96 Å². The normalized spacial score (nSPS) is 18.0. The van der Waals surface area contributed by atoms with Crippen LogP contribution in [0.25, 0.3) is 0 Å². The van der Waals surface area contributed by atoms with Crippen LogP contribution < -0.4 is 10.6 Å². The SMILES string of the molecule is CCNC(=NCC1CCCN1Cc1ccccc1)NCCc1cnn(C)c1. The first-order valence-electron chi connectivity index (χ1n) is 10.0. The first-order chi connectivity index (χ1) is 13.2. The molecular formula is C21H32N6. The van der Waals surface area contributed by atoms with Crippen molar-refractivity contribution >= 4 is 5.96 Å². The van der Waals surface area contributed by atoms with Gasteiger partial charge in [-0.15, -0.1) is 0 Å². The van der Waals surface area contributed by atoms with E-state index in [1.165, 1.54) is 30.5 Å². The maximum atomic E-state index is 4.86. The summed E-state index contributed by atoms with van der Waals surface area (Å²) in [6, 6.07) is 11.3. The lowest BCUT2D eigenvalue weighted by Crippen LogP contribution is -2.40. The van der Waals surface area contributed by atoms with Gasteiger partial charge in [0.2, 0.25) is 0 Å². The second-order valence-electron chi connectivity index (χ2n) is 7.17. The van der Waals surface area contributed by atoms with Crippen molar-refractivity contribution in [3.8, 4) is 0 Å². The van der Waals surface area contributed by atoms with E-state index in [4.69, 9.17) is 4.99 Å². The molecular weight excluding hydrogens is 336 g/mol. The molecule has 0 aliphatic carbocycles. The zero-order chi connectivity index (χ0) is 18.9. The molecule has 1 aromatic heterocycles. The number of aryl methyl sites for hydroxylation is 1. The molecule has 6 nitrogen and oxygen atoms in total. The molecule has 1 unspecified atom stereocenters. The molecule has 2 N–H and O–H groups in total. The summed E-state index contributed by atoms with van der Waals surface area (Å²) in [6.45, 7) is 6.86. The van der Waals surface area contributed by atoms with E-state index in [9.17, 15) is 0 Å². The van der Waals surface area contributed by atoms with Crippen molar-refractivity contribution in [1.82, 2.24) is 25.3 Å². The third kappa shape index (κ3) is 6.10. The summed E-state index contributed by atoms with van der Waals surface area (Å²) in [5.41, 5.74) is 2.63. The van der Waals surface area contributed by atoms with Gasteiger partial charge in [-0.3, -0.25) is 14.6 Å². The van der Waals surface area contributed by atoms with Crippen LogP contribution in [-0.4, -0.2) is 52.9 Å². The van der Waals surface area contributed by atoms with E-state index in [1.54, 1.807) is 0 Å². The quantitative estimate of drug-likeness (QED) is 0.554. The fourth-order valence-corrected chi connectivity index (χ4v) is 3.59. The maximum absolute atomic E-state index is 4.86. The van der Waals surface area contributed by atoms with Gasteiger partial charge >= 0.3 is 0 Å². The Hall–Kier alpha value is -2.34. The van der Waals surface area contributed by atoms with Gasteiger partial charge in [-0.05, 0) is 43.9 Å². The molecule has 0 bridgehead atoms. The summed E-state index contributed by atoms with van der Waals surface area (Å²) in [5.74, 6) is 0.910. The molecule has 1 aliphatic rings. The zero-order valence-corrected chi connectivity index (χ0v) is 16.6. The summed E-state index contributed by atoms with van der Waals surface area (Å²) in [7, 11) is 1.95. The standard InChI is InChI=1S/C21H32N6/c1-3-22-21(23-12-11-19-14-25-26(2)16-19)24-15-20-10-7-13-27(20)17-18-8-5-4-6-9-18/h4-6,8-9,14,16,20H,3,7,10-13,15,17H2,1-2H3,(H2,22,23,24). The predicted molar refractivity (Wildman–Crippen MR) is 111 cm³/mol. The Bertz CT molecular complexity index is 708. The minimum absolute atomic E-state index is 0.527. The number of hydrogen-bond acceptors (Lipinski definition) is 3. The molecule has 2 heterocycles. The minimum atomic E-state index is 0.527. The van der Waals surface area contributed by atoms with E-state index in [2.05, 4.69) is 64.1 Å². The van der Waals surface area contributed by atoms with E-state index in [-0.39, 0.29) is 0 Å². The van der Waals surface area contributed by atoms with Crippen LogP contribution in [0, 0.1) is 0 Å². The number of benzene rings is 1. The molecule has 146 valence electrons. The van der Waals surface area contributed by atoms with Crippen LogP contribution in [0.5, 0.6) is 0 Å². The van der Waals surface area contributed by atoms with Crippen molar-refractivity contribution in [2.24, 2.45) is 12.0 Å². The Morgan fingerprint density at radius 3 is 2.81 bits per heavy atom. The molecule has 0 radical (unpaired) electrons. The summed E-state index contributed by atoms with van der Waals surface area (Å²) in [4.78, 5) is 7.42. The van der Waals surface area contributed by atoms with E-state index in [0.717, 1.165) is 38.6 Å². The second kappa shape index (κ2) is 10.1. The van der Waals surface area contributed by atoms with Crippen molar-refractivity contribution in [2.75, 3.05) is 26.2 Å². The Morgan fingerprint density at radius 1 is 1.22 bits per heavy atom. The number of hydrogen-bond donors (Lipinski definition) is 2. The molecule has 0 saturated carbocycles.